The van der Waals surface area contributed by atoms with Crippen LogP contribution in [-0.2, 0) is 4.79 Å². The van der Waals surface area contributed by atoms with Crippen LogP contribution in [0.3, 0.4) is 0 Å². The summed E-state index contributed by atoms with van der Waals surface area (Å²) in [4.78, 5) is 11.7. The van der Waals surface area contributed by atoms with Crippen LogP contribution in [0.25, 0.3) is 6.08 Å². The third-order valence-corrected chi connectivity index (χ3v) is 4.17. The van der Waals surface area contributed by atoms with Gasteiger partial charge in [-0.05, 0) is 43.2 Å². The van der Waals surface area contributed by atoms with E-state index in [9.17, 15) is 4.79 Å². The quantitative estimate of drug-likeness (QED) is 0.572. The third kappa shape index (κ3) is 6.75. The predicted octanol–water partition coefficient (Wildman–Crippen LogP) is 4.73. The van der Waals surface area contributed by atoms with E-state index in [4.69, 9.17) is 0 Å². The molecule has 1 aromatic carbocycles. The van der Waals surface area contributed by atoms with Crippen LogP contribution in [0.1, 0.15) is 50.5 Å². The van der Waals surface area contributed by atoms with E-state index in [1.54, 1.807) is 6.08 Å². The molecule has 2 heteroatoms. The zero-order chi connectivity index (χ0) is 15.5. The molecule has 1 amide bonds. The van der Waals surface area contributed by atoms with E-state index in [1.807, 2.05) is 24.3 Å². The summed E-state index contributed by atoms with van der Waals surface area (Å²) in [6.07, 6.45) is 16.3. The zero-order valence-corrected chi connectivity index (χ0v) is 13.3. The number of rotatable bonds is 7. The monoisotopic (exact) mass is 297 g/mol. The van der Waals surface area contributed by atoms with Crippen molar-refractivity contribution in [2.24, 2.45) is 5.92 Å². The van der Waals surface area contributed by atoms with Crippen molar-refractivity contribution in [1.82, 2.24) is 5.32 Å². The topological polar surface area (TPSA) is 29.1 Å². The number of carbonyl (C=O) groups is 1. The Morgan fingerprint density at radius 3 is 2.55 bits per heavy atom. The Labute approximate surface area is 134 Å². The predicted molar refractivity (Wildman–Crippen MR) is 93.4 cm³/mol. The Bertz CT molecular complexity index is 484. The van der Waals surface area contributed by atoms with Crippen molar-refractivity contribution in [2.45, 2.75) is 44.9 Å². The minimum Gasteiger partial charge on any atom is -0.352 e. The average Bonchev–Trinajstić information content (AvgIpc) is 2.58. The maximum Gasteiger partial charge on any atom is 0.243 e. The molecule has 1 fully saturated rings. The van der Waals surface area contributed by atoms with Gasteiger partial charge in [0.05, 0.1) is 0 Å². The summed E-state index contributed by atoms with van der Waals surface area (Å²) >= 11 is 0. The van der Waals surface area contributed by atoms with Gasteiger partial charge in [0.1, 0.15) is 0 Å². The number of nitrogens with one attached hydrogen (secondary N) is 1. The summed E-state index contributed by atoms with van der Waals surface area (Å²) in [5.41, 5.74) is 1.22. The van der Waals surface area contributed by atoms with Gasteiger partial charge in [0.15, 0.2) is 0 Å². The fourth-order valence-corrected chi connectivity index (χ4v) is 2.86. The van der Waals surface area contributed by atoms with Gasteiger partial charge in [-0.1, -0.05) is 67.8 Å². The van der Waals surface area contributed by atoms with E-state index >= 15 is 0 Å². The van der Waals surface area contributed by atoms with E-state index in [0.29, 0.717) is 5.92 Å². The molecule has 0 aliphatic heterocycles. The van der Waals surface area contributed by atoms with Crippen molar-refractivity contribution in [3.8, 4) is 0 Å². The second kappa shape index (κ2) is 9.99. The summed E-state index contributed by atoms with van der Waals surface area (Å²) in [5.74, 6) is 0.748. The van der Waals surface area contributed by atoms with Crippen LogP contribution in [0, 0.1) is 5.92 Å². The Balaban J connectivity index is 1.56. The Morgan fingerprint density at radius 1 is 1.05 bits per heavy atom. The Morgan fingerprint density at radius 2 is 1.77 bits per heavy atom. The number of hydrogen-bond donors (Lipinski definition) is 1. The van der Waals surface area contributed by atoms with Gasteiger partial charge in [0, 0.05) is 6.54 Å². The van der Waals surface area contributed by atoms with Crippen LogP contribution >= 0.6 is 0 Å². The van der Waals surface area contributed by atoms with E-state index in [0.717, 1.165) is 19.4 Å². The molecule has 1 aromatic rings. The summed E-state index contributed by atoms with van der Waals surface area (Å²) in [7, 11) is 0. The molecular formula is C20H27NO. The maximum atomic E-state index is 11.7. The highest BCUT2D eigenvalue weighted by Gasteiger charge is 2.13. The molecule has 2 nitrogen and oxygen atoms in total. The number of amides is 1. The van der Waals surface area contributed by atoms with Gasteiger partial charge in [-0.2, -0.15) is 0 Å². The van der Waals surface area contributed by atoms with E-state index in [-0.39, 0.29) is 5.91 Å². The normalized spacial score (nSPS) is 16.4. The lowest BCUT2D eigenvalue weighted by Crippen LogP contribution is -2.28. The number of allylic oxidation sites excluding steroid dienone is 2. The van der Waals surface area contributed by atoms with Crippen LogP contribution < -0.4 is 5.32 Å². The van der Waals surface area contributed by atoms with Gasteiger partial charge in [0.25, 0.3) is 0 Å². The molecule has 1 N–H and O–H groups in total. The average molecular weight is 297 g/mol. The summed E-state index contributed by atoms with van der Waals surface area (Å²) in [5, 5.41) is 3.03. The van der Waals surface area contributed by atoms with E-state index < -0.39 is 0 Å². The molecule has 22 heavy (non-hydrogen) atoms. The van der Waals surface area contributed by atoms with Crippen molar-refractivity contribution in [2.75, 3.05) is 6.54 Å². The highest BCUT2D eigenvalue weighted by atomic mass is 16.1. The molecule has 1 aliphatic carbocycles. The lowest BCUT2D eigenvalue weighted by Gasteiger charge is -2.21. The molecule has 0 spiro atoms. The van der Waals surface area contributed by atoms with Crippen molar-refractivity contribution < 1.29 is 4.79 Å². The van der Waals surface area contributed by atoms with Gasteiger partial charge in [-0.3, -0.25) is 4.79 Å². The van der Waals surface area contributed by atoms with Crippen LogP contribution in [0.5, 0.6) is 0 Å². The molecule has 0 bridgehead atoms. The molecule has 2 rings (SSSR count). The molecular weight excluding hydrogens is 270 g/mol. The lowest BCUT2D eigenvalue weighted by atomic mass is 9.89. The fraction of sp³-hybridized carbons (Fsp3) is 0.450. The van der Waals surface area contributed by atoms with Crippen molar-refractivity contribution in [1.29, 1.82) is 0 Å². The minimum absolute atomic E-state index is 0.0533. The van der Waals surface area contributed by atoms with Gasteiger partial charge < -0.3 is 5.32 Å². The summed E-state index contributed by atoms with van der Waals surface area (Å²) in [6, 6.07) is 10.3. The summed E-state index contributed by atoms with van der Waals surface area (Å²) in [6.45, 7) is 0.844. The van der Waals surface area contributed by atoms with Crippen LogP contribution in [0.2, 0.25) is 0 Å². The van der Waals surface area contributed by atoms with Gasteiger partial charge in [-0.25, -0.2) is 0 Å². The molecule has 0 atom stereocenters. The van der Waals surface area contributed by atoms with Crippen molar-refractivity contribution >= 4 is 12.0 Å². The largest absolute Gasteiger partial charge is 0.352 e. The lowest BCUT2D eigenvalue weighted by molar-refractivity contribution is -0.116. The minimum atomic E-state index is 0.0533. The smallest absolute Gasteiger partial charge is 0.243 e. The van der Waals surface area contributed by atoms with Gasteiger partial charge in [-0.15, -0.1) is 0 Å². The first-order chi connectivity index (χ1) is 10.8. The maximum absolute atomic E-state index is 11.7. The molecule has 1 saturated carbocycles. The molecule has 0 aromatic heterocycles. The second-order valence-electron chi connectivity index (χ2n) is 6.04. The van der Waals surface area contributed by atoms with Gasteiger partial charge >= 0.3 is 0 Å². The first-order valence-electron chi connectivity index (χ1n) is 8.50. The standard InChI is InChI=1S/C20H27NO/c22-20(21-17-19-14-8-4-9-15-19)16-10-2-1-5-11-18-12-6-3-7-13-18/h3,5-7,10-13,16,19H,1-2,4,8-9,14-15,17H2,(H,21,22). The van der Waals surface area contributed by atoms with E-state index in [2.05, 4.69) is 29.6 Å². The molecule has 0 radical (unpaired) electrons. The van der Waals surface area contributed by atoms with E-state index in [1.165, 1.54) is 37.7 Å². The van der Waals surface area contributed by atoms with Crippen molar-refractivity contribution in [3.63, 3.8) is 0 Å². The number of hydrogen-bond acceptors (Lipinski definition) is 1. The highest BCUT2D eigenvalue weighted by Crippen LogP contribution is 2.22. The number of carbonyl (C=O) groups excluding carboxylic acids is 1. The highest BCUT2D eigenvalue weighted by molar-refractivity contribution is 5.87. The molecule has 0 unspecified atom stereocenters. The SMILES string of the molecule is O=C(C=CCCC=Cc1ccccc1)NCC1CCCCC1. The summed E-state index contributed by atoms with van der Waals surface area (Å²) < 4.78 is 0. The second-order valence-corrected chi connectivity index (χ2v) is 6.04. The van der Waals surface area contributed by atoms with Crippen LogP contribution in [0.4, 0.5) is 0 Å². The first-order valence-corrected chi connectivity index (χ1v) is 8.50. The molecule has 0 saturated heterocycles. The van der Waals surface area contributed by atoms with Gasteiger partial charge in [0.2, 0.25) is 5.91 Å². The fourth-order valence-electron chi connectivity index (χ4n) is 2.86. The number of unbranched alkanes of at least 4 members (excludes halogenated alkanes) is 1. The number of benzene rings is 1. The molecule has 0 heterocycles. The first kappa shape index (κ1) is 16.5. The van der Waals surface area contributed by atoms with Crippen LogP contribution in [-0.4, -0.2) is 12.5 Å². The zero-order valence-electron chi connectivity index (χ0n) is 13.3. The van der Waals surface area contributed by atoms with Crippen LogP contribution in [0.15, 0.2) is 48.6 Å². The third-order valence-electron chi connectivity index (χ3n) is 4.17. The molecule has 1 aliphatic rings. The Hall–Kier alpha value is -1.83. The molecule has 118 valence electrons. The Kier molecular flexibility index (Phi) is 7.51. The van der Waals surface area contributed by atoms with Crippen molar-refractivity contribution in [3.05, 3.63) is 54.1 Å².